The molecule has 0 saturated heterocycles. The molecule has 0 fully saturated rings. The zero-order chi connectivity index (χ0) is 13.1. The maximum atomic E-state index is 11.3. The number of azide groups is 1. The van der Waals surface area contributed by atoms with Gasteiger partial charge in [0.15, 0.2) is 0 Å². The van der Waals surface area contributed by atoms with Crippen LogP contribution in [0.4, 0.5) is 0 Å². The summed E-state index contributed by atoms with van der Waals surface area (Å²) in [5.41, 5.74) is 7.55. The molecule has 0 bridgehead atoms. The summed E-state index contributed by atoms with van der Waals surface area (Å²) in [6, 6.07) is 0. The van der Waals surface area contributed by atoms with Gasteiger partial charge in [-0.3, -0.25) is 4.79 Å². The average Bonchev–Trinajstić information content (AvgIpc) is 2.19. The summed E-state index contributed by atoms with van der Waals surface area (Å²) in [6.45, 7) is 7.36. The van der Waals surface area contributed by atoms with Crippen molar-refractivity contribution in [2.45, 2.75) is 26.4 Å². The van der Waals surface area contributed by atoms with E-state index in [4.69, 9.17) is 15.0 Å². The number of ether oxygens (including phenoxy) is 2. The minimum Gasteiger partial charge on any atom is -0.459 e. The normalized spacial score (nSPS) is 10.8. The summed E-state index contributed by atoms with van der Waals surface area (Å²) >= 11 is 0. The molecule has 7 heteroatoms. The minimum absolute atomic E-state index is 0.164. The van der Waals surface area contributed by atoms with Gasteiger partial charge in [-0.2, -0.15) is 0 Å². The third kappa shape index (κ3) is 12.6. The predicted octanol–water partition coefficient (Wildman–Crippen LogP) is 1.24. The second kappa shape index (κ2) is 8.81. The van der Waals surface area contributed by atoms with E-state index in [1.165, 1.54) is 0 Å². The molecule has 0 aliphatic rings. The molecular formula is C10H20N4O3. The molecule has 0 aromatic carbocycles. The predicted molar refractivity (Wildman–Crippen MR) is 63.5 cm³/mol. The lowest BCUT2D eigenvalue weighted by Gasteiger charge is -2.19. The molecule has 0 atom stereocenters. The first kappa shape index (κ1) is 15.7. The van der Waals surface area contributed by atoms with Crippen molar-refractivity contribution in [3.05, 3.63) is 10.4 Å². The van der Waals surface area contributed by atoms with Crippen LogP contribution in [0, 0.1) is 0 Å². The van der Waals surface area contributed by atoms with Crippen LogP contribution in [0.1, 0.15) is 20.8 Å². The Bertz CT molecular complexity index is 269. The van der Waals surface area contributed by atoms with Gasteiger partial charge in [-0.15, -0.1) is 0 Å². The van der Waals surface area contributed by atoms with Gasteiger partial charge in [0.25, 0.3) is 0 Å². The van der Waals surface area contributed by atoms with Crippen molar-refractivity contribution in [1.29, 1.82) is 0 Å². The lowest BCUT2D eigenvalue weighted by molar-refractivity contribution is -0.153. The highest BCUT2D eigenvalue weighted by Gasteiger charge is 2.15. The molecular weight excluding hydrogens is 224 g/mol. The van der Waals surface area contributed by atoms with E-state index in [9.17, 15) is 4.79 Å². The quantitative estimate of drug-likeness (QED) is 0.228. The summed E-state index contributed by atoms with van der Waals surface area (Å²) in [7, 11) is 0. The lowest BCUT2D eigenvalue weighted by atomic mass is 10.2. The summed E-state index contributed by atoms with van der Waals surface area (Å²) < 4.78 is 10.2. The van der Waals surface area contributed by atoms with Crippen LogP contribution in [0.25, 0.3) is 10.4 Å². The Morgan fingerprint density at radius 3 is 2.71 bits per heavy atom. The Balaban J connectivity index is 3.34. The largest absolute Gasteiger partial charge is 0.459 e. The third-order valence-electron chi connectivity index (χ3n) is 1.51. The fourth-order valence-electron chi connectivity index (χ4n) is 0.965. The number of nitrogens with one attached hydrogen (secondary N) is 1. The van der Waals surface area contributed by atoms with E-state index in [-0.39, 0.29) is 12.5 Å². The highest BCUT2D eigenvalue weighted by molar-refractivity contribution is 5.72. The second-order valence-electron chi connectivity index (χ2n) is 4.33. The first-order valence-electron chi connectivity index (χ1n) is 5.47. The molecule has 0 heterocycles. The van der Waals surface area contributed by atoms with Crippen molar-refractivity contribution in [1.82, 2.24) is 5.32 Å². The van der Waals surface area contributed by atoms with Crippen molar-refractivity contribution in [3.63, 3.8) is 0 Å². The molecule has 0 rings (SSSR count). The van der Waals surface area contributed by atoms with Crippen molar-refractivity contribution >= 4 is 5.97 Å². The second-order valence-corrected chi connectivity index (χ2v) is 4.33. The van der Waals surface area contributed by atoms with Gasteiger partial charge in [0.2, 0.25) is 0 Å². The van der Waals surface area contributed by atoms with Crippen LogP contribution in [0.3, 0.4) is 0 Å². The van der Waals surface area contributed by atoms with Crippen LogP contribution in [0.5, 0.6) is 0 Å². The van der Waals surface area contributed by atoms with Gasteiger partial charge in [-0.25, -0.2) is 0 Å². The highest BCUT2D eigenvalue weighted by atomic mass is 16.6. The number of carbonyl (C=O) groups excluding carboxylic acids is 1. The Hall–Kier alpha value is -1.30. The van der Waals surface area contributed by atoms with Crippen LogP contribution in [0.2, 0.25) is 0 Å². The van der Waals surface area contributed by atoms with Crippen molar-refractivity contribution in [2.24, 2.45) is 5.11 Å². The maximum absolute atomic E-state index is 11.3. The zero-order valence-corrected chi connectivity index (χ0v) is 10.6. The van der Waals surface area contributed by atoms with Gasteiger partial charge in [-0.05, 0) is 26.3 Å². The number of nitrogens with zero attached hydrogens (tertiary/aromatic N) is 3. The summed E-state index contributed by atoms with van der Waals surface area (Å²) in [5, 5.41) is 6.21. The molecule has 0 radical (unpaired) electrons. The summed E-state index contributed by atoms with van der Waals surface area (Å²) in [4.78, 5) is 13.8. The SMILES string of the molecule is CC(C)(C)OC(=O)CNCCOCCN=[N+]=[N-]. The van der Waals surface area contributed by atoms with Crippen molar-refractivity contribution < 1.29 is 14.3 Å². The number of hydrogen-bond acceptors (Lipinski definition) is 5. The molecule has 17 heavy (non-hydrogen) atoms. The Morgan fingerprint density at radius 2 is 2.12 bits per heavy atom. The van der Waals surface area contributed by atoms with Crippen LogP contribution >= 0.6 is 0 Å². The van der Waals surface area contributed by atoms with Crippen LogP contribution in [-0.4, -0.2) is 44.4 Å². The first-order chi connectivity index (χ1) is 7.95. The van der Waals surface area contributed by atoms with E-state index in [2.05, 4.69) is 15.3 Å². The molecule has 0 amide bonds. The number of hydrogen-bond donors (Lipinski definition) is 1. The molecule has 0 aromatic heterocycles. The van der Waals surface area contributed by atoms with Gasteiger partial charge in [0.1, 0.15) is 5.60 Å². The summed E-state index contributed by atoms with van der Waals surface area (Å²) in [6.07, 6.45) is 0. The van der Waals surface area contributed by atoms with Crippen LogP contribution in [0.15, 0.2) is 5.11 Å². The van der Waals surface area contributed by atoms with E-state index in [0.717, 1.165) is 0 Å². The standard InChI is InChI=1S/C10H20N4O3/c1-10(2,3)17-9(15)8-12-4-6-16-7-5-13-14-11/h12H,4-8H2,1-3H3. The molecule has 1 N–H and O–H groups in total. The zero-order valence-electron chi connectivity index (χ0n) is 10.6. The van der Waals surface area contributed by atoms with Gasteiger partial charge in [0.05, 0.1) is 19.8 Å². The van der Waals surface area contributed by atoms with Crippen LogP contribution in [-0.2, 0) is 14.3 Å². The fourth-order valence-corrected chi connectivity index (χ4v) is 0.965. The van der Waals surface area contributed by atoms with Crippen molar-refractivity contribution in [3.8, 4) is 0 Å². The smallest absolute Gasteiger partial charge is 0.320 e. The number of carbonyl (C=O) groups is 1. The van der Waals surface area contributed by atoms with Gasteiger partial charge in [0, 0.05) is 18.0 Å². The Labute approximate surface area is 101 Å². The third-order valence-corrected chi connectivity index (χ3v) is 1.51. The molecule has 0 unspecified atom stereocenters. The Kier molecular flexibility index (Phi) is 8.13. The molecule has 0 spiro atoms. The van der Waals surface area contributed by atoms with E-state index in [1.54, 1.807) is 0 Å². The van der Waals surface area contributed by atoms with Crippen molar-refractivity contribution in [2.75, 3.05) is 32.8 Å². The Morgan fingerprint density at radius 1 is 1.41 bits per heavy atom. The average molecular weight is 244 g/mol. The van der Waals surface area contributed by atoms with Crippen LogP contribution < -0.4 is 5.32 Å². The highest BCUT2D eigenvalue weighted by Crippen LogP contribution is 2.05. The maximum Gasteiger partial charge on any atom is 0.320 e. The van der Waals surface area contributed by atoms with E-state index in [0.29, 0.717) is 26.3 Å². The molecule has 0 aromatic rings. The molecule has 0 aliphatic heterocycles. The van der Waals surface area contributed by atoms with Gasteiger partial charge in [-0.1, -0.05) is 5.11 Å². The molecule has 98 valence electrons. The fraction of sp³-hybridized carbons (Fsp3) is 0.900. The number of esters is 1. The summed E-state index contributed by atoms with van der Waals surface area (Å²) in [5.74, 6) is -0.286. The minimum atomic E-state index is -0.454. The first-order valence-corrected chi connectivity index (χ1v) is 5.47. The topological polar surface area (TPSA) is 96.3 Å². The van der Waals surface area contributed by atoms with Gasteiger partial charge < -0.3 is 14.8 Å². The van der Waals surface area contributed by atoms with Gasteiger partial charge >= 0.3 is 5.97 Å². The van der Waals surface area contributed by atoms with E-state index < -0.39 is 5.60 Å². The molecule has 0 saturated carbocycles. The van der Waals surface area contributed by atoms with E-state index >= 15 is 0 Å². The molecule has 7 nitrogen and oxygen atoms in total. The number of rotatable bonds is 8. The monoisotopic (exact) mass is 244 g/mol. The molecule has 0 aliphatic carbocycles. The van der Waals surface area contributed by atoms with E-state index in [1.807, 2.05) is 20.8 Å². The lowest BCUT2D eigenvalue weighted by Crippen LogP contribution is -2.33.